The number of carbonyl (C=O) groups excluding carboxylic acids is 1. The van der Waals surface area contributed by atoms with Gasteiger partial charge in [-0.1, -0.05) is 12.1 Å². The van der Waals surface area contributed by atoms with E-state index < -0.39 is 0 Å². The molecule has 0 radical (unpaired) electrons. The molecule has 25 heavy (non-hydrogen) atoms. The number of hydrogen-bond acceptors (Lipinski definition) is 4. The smallest absolute Gasteiger partial charge is 0.249 e. The topological polar surface area (TPSA) is 60.2 Å². The number of imidazole rings is 1. The maximum absolute atomic E-state index is 12.4. The minimum atomic E-state index is 0.0548. The van der Waals surface area contributed by atoms with Gasteiger partial charge in [0.15, 0.2) is 0 Å². The summed E-state index contributed by atoms with van der Waals surface area (Å²) in [7, 11) is 1.64. The Balaban J connectivity index is 1.67. The van der Waals surface area contributed by atoms with Crippen molar-refractivity contribution in [2.45, 2.75) is 20.0 Å². The van der Waals surface area contributed by atoms with Gasteiger partial charge in [-0.05, 0) is 36.8 Å². The number of amides is 1. The number of rotatable bonds is 4. The highest BCUT2D eigenvalue weighted by Crippen LogP contribution is 2.32. The molecule has 3 aromatic rings. The number of methoxy groups -OCH3 is 1. The number of fused-ring (bicyclic) bond motifs is 1. The number of carbonyl (C=O) groups is 1. The Morgan fingerprint density at radius 3 is 2.68 bits per heavy atom. The van der Waals surface area contributed by atoms with Crippen LogP contribution < -0.4 is 9.64 Å². The highest BCUT2D eigenvalue weighted by Gasteiger charge is 2.32. The number of nitrogens with zero attached hydrogens (tertiary/aromatic N) is 4. The standard InChI is InChI=1S/C19H18N4O2/c1-13-18(15-4-3-9-20-10-15)21-19-22(13)12-17(24)23(19)11-14-5-7-16(25-2)8-6-14/h3-10H,11-12H2,1-2H3. The van der Waals surface area contributed by atoms with Gasteiger partial charge in [0, 0.05) is 23.7 Å². The Hall–Kier alpha value is -3.15. The molecule has 1 amide bonds. The molecule has 0 saturated carbocycles. The van der Waals surface area contributed by atoms with Crippen LogP contribution in [0, 0.1) is 6.92 Å². The largest absolute Gasteiger partial charge is 0.497 e. The molecule has 0 bridgehead atoms. The normalized spacial score (nSPS) is 13.2. The van der Waals surface area contributed by atoms with Crippen molar-refractivity contribution in [2.75, 3.05) is 12.0 Å². The predicted molar refractivity (Wildman–Crippen MR) is 94.4 cm³/mol. The van der Waals surface area contributed by atoms with Gasteiger partial charge in [0.2, 0.25) is 11.9 Å². The maximum atomic E-state index is 12.4. The average Bonchev–Trinajstić information content (AvgIpc) is 3.13. The van der Waals surface area contributed by atoms with Crippen LogP contribution in [0.3, 0.4) is 0 Å². The maximum Gasteiger partial charge on any atom is 0.249 e. The molecule has 0 aliphatic carbocycles. The molecule has 6 nitrogen and oxygen atoms in total. The van der Waals surface area contributed by atoms with Crippen LogP contribution in [0.25, 0.3) is 11.3 Å². The van der Waals surface area contributed by atoms with Crippen molar-refractivity contribution in [3.63, 3.8) is 0 Å². The van der Waals surface area contributed by atoms with E-state index in [1.165, 1.54) is 0 Å². The molecule has 0 fully saturated rings. The summed E-state index contributed by atoms with van der Waals surface area (Å²) in [4.78, 5) is 23.1. The number of anilines is 1. The van der Waals surface area contributed by atoms with Crippen LogP contribution >= 0.6 is 0 Å². The zero-order chi connectivity index (χ0) is 17.4. The van der Waals surface area contributed by atoms with Gasteiger partial charge in [-0.25, -0.2) is 4.98 Å². The van der Waals surface area contributed by atoms with Gasteiger partial charge in [-0.15, -0.1) is 0 Å². The molecular formula is C19H18N4O2. The van der Waals surface area contributed by atoms with Crippen molar-refractivity contribution < 1.29 is 9.53 Å². The van der Waals surface area contributed by atoms with E-state index >= 15 is 0 Å². The number of hydrogen-bond donors (Lipinski definition) is 0. The molecule has 0 saturated heterocycles. The first kappa shape index (κ1) is 15.4. The SMILES string of the molecule is COc1ccc(CN2C(=O)Cn3c2nc(-c2cccnc2)c3C)cc1. The quantitative estimate of drug-likeness (QED) is 0.736. The third kappa shape index (κ3) is 2.65. The summed E-state index contributed by atoms with van der Waals surface area (Å²) in [5.41, 5.74) is 3.84. The molecule has 2 aromatic heterocycles. The molecule has 1 aromatic carbocycles. The van der Waals surface area contributed by atoms with E-state index in [0.717, 1.165) is 28.3 Å². The minimum Gasteiger partial charge on any atom is -0.497 e. The van der Waals surface area contributed by atoms with E-state index in [1.54, 1.807) is 24.4 Å². The van der Waals surface area contributed by atoms with E-state index in [9.17, 15) is 4.79 Å². The minimum absolute atomic E-state index is 0.0548. The van der Waals surface area contributed by atoms with Crippen LogP contribution in [-0.4, -0.2) is 27.6 Å². The van der Waals surface area contributed by atoms with E-state index in [-0.39, 0.29) is 5.91 Å². The van der Waals surface area contributed by atoms with Crippen molar-refractivity contribution >= 4 is 11.9 Å². The summed E-state index contributed by atoms with van der Waals surface area (Å²) in [5.74, 6) is 1.55. The lowest BCUT2D eigenvalue weighted by atomic mass is 10.2. The van der Waals surface area contributed by atoms with Gasteiger partial charge in [-0.2, -0.15) is 0 Å². The summed E-state index contributed by atoms with van der Waals surface area (Å²) < 4.78 is 7.15. The number of pyridine rings is 1. The number of ether oxygens (including phenoxy) is 1. The van der Waals surface area contributed by atoms with E-state index in [0.29, 0.717) is 19.0 Å². The van der Waals surface area contributed by atoms with Gasteiger partial charge < -0.3 is 9.30 Å². The van der Waals surface area contributed by atoms with Gasteiger partial charge in [0.25, 0.3) is 0 Å². The Bertz CT molecular complexity index is 917. The Kier molecular flexibility index (Phi) is 3.72. The molecule has 3 heterocycles. The van der Waals surface area contributed by atoms with Crippen LogP contribution in [0.5, 0.6) is 5.75 Å². The Labute approximate surface area is 145 Å². The summed E-state index contributed by atoms with van der Waals surface area (Å²) >= 11 is 0. The van der Waals surface area contributed by atoms with E-state index in [4.69, 9.17) is 9.72 Å². The fraction of sp³-hybridized carbons (Fsp3) is 0.211. The fourth-order valence-corrected chi connectivity index (χ4v) is 3.10. The zero-order valence-corrected chi connectivity index (χ0v) is 14.1. The highest BCUT2D eigenvalue weighted by atomic mass is 16.5. The van der Waals surface area contributed by atoms with Crippen LogP contribution in [0.4, 0.5) is 5.95 Å². The van der Waals surface area contributed by atoms with Crippen LogP contribution in [0.15, 0.2) is 48.8 Å². The number of aromatic nitrogens is 3. The summed E-state index contributed by atoms with van der Waals surface area (Å²) in [6.45, 7) is 2.80. The molecule has 1 aliphatic rings. The van der Waals surface area contributed by atoms with Gasteiger partial charge >= 0.3 is 0 Å². The molecule has 6 heteroatoms. The second-order valence-corrected chi connectivity index (χ2v) is 6.00. The van der Waals surface area contributed by atoms with Crippen molar-refractivity contribution in [1.29, 1.82) is 0 Å². The summed E-state index contributed by atoms with van der Waals surface area (Å²) in [6, 6.07) is 11.6. The Morgan fingerprint density at radius 2 is 2.00 bits per heavy atom. The third-order valence-corrected chi connectivity index (χ3v) is 4.47. The summed E-state index contributed by atoms with van der Waals surface area (Å²) in [5, 5.41) is 0. The van der Waals surface area contributed by atoms with Crippen LogP contribution in [0.2, 0.25) is 0 Å². The lowest BCUT2D eigenvalue weighted by Gasteiger charge is -2.14. The molecule has 0 N–H and O–H groups in total. The van der Waals surface area contributed by atoms with Crippen LogP contribution in [0.1, 0.15) is 11.3 Å². The summed E-state index contributed by atoms with van der Waals surface area (Å²) in [6.07, 6.45) is 3.53. The van der Waals surface area contributed by atoms with Crippen molar-refractivity contribution in [1.82, 2.24) is 14.5 Å². The first-order valence-corrected chi connectivity index (χ1v) is 8.08. The second kappa shape index (κ2) is 6.05. The molecular weight excluding hydrogens is 316 g/mol. The van der Waals surface area contributed by atoms with E-state index in [1.807, 2.05) is 47.9 Å². The Morgan fingerprint density at radius 1 is 1.20 bits per heavy atom. The molecule has 4 rings (SSSR count). The van der Waals surface area contributed by atoms with Crippen molar-refractivity contribution in [3.05, 3.63) is 60.0 Å². The average molecular weight is 334 g/mol. The third-order valence-electron chi connectivity index (χ3n) is 4.47. The van der Waals surface area contributed by atoms with Gasteiger partial charge in [0.05, 0.1) is 19.3 Å². The highest BCUT2D eigenvalue weighted by molar-refractivity contribution is 5.96. The molecule has 1 aliphatic heterocycles. The molecule has 0 unspecified atom stereocenters. The fourth-order valence-electron chi connectivity index (χ4n) is 3.10. The number of benzene rings is 1. The van der Waals surface area contributed by atoms with Crippen molar-refractivity contribution in [3.8, 4) is 17.0 Å². The van der Waals surface area contributed by atoms with Gasteiger partial charge in [0.1, 0.15) is 12.3 Å². The van der Waals surface area contributed by atoms with E-state index in [2.05, 4.69) is 4.98 Å². The second-order valence-electron chi connectivity index (χ2n) is 6.00. The lowest BCUT2D eigenvalue weighted by molar-refractivity contribution is -0.118. The molecule has 0 spiro atoms. The lowest BCUT2D eigenvalue weighted by Crippen LogP contribution is -2.26. The first-order chi connectivity index (χ1) is 12.2. The monoisotopic (exact) mass is 334 g/mol. The van der Waals surface area contributed by atoms with Gasteiger partial charge in [-0.3, -0.25) is 14.7 Å². The van der Waals surface area contributed by atoms with Crippen LogP contribution in [-0.2, 0) is 17.9 Å². The predicted octanol–water partition coefficient (Wildman–Crippen LogP) is 2.81. The molecule has 0 atom stereocenters. The van der Waals surface area contributed by atoms with Crippen molar-refractivity contribution in [2.24, 2.45) is 0 Å². The zero-order valence-electron chi connectivity index (χ0n) is 14.1. The first-order valence-electron chi connectivity index (χ1n) is 8.08. The molecule has 126 valence electrons.